The molecule has 1 fully saturated rings. The molecule has 0 bridgehead atoms. The molecular formula is C8H8BrN3O. The second-order valence-corrected chi connectivity index (χ2v) is 3.61. The molecule has 1 amide bonds. The van der Waals surface area contributed by atoms with E-state index in [1.807, 2.05) is 12.1 Å². The SMILES string of the molecule is O=C(Nc1cccc(Br)n1)C1CN1. The Hall–Kier alpha value is -0.940. The molecule has 4 nitrogen and oxygen atoms in total. The van der Waals surface area contributed by atoms with E-state index in [1.54, 1.807) is 6.07 Å². The third kappa shape index (κ3) is 2.26. The molecule has 1 aliphatic rings. The number of amides is 1. The Morgan fingerprint density at radius 1 is 1.69 bits per heavy atom. The first-order valence-electron chi connectivity index (χ1n) is 3.92. The van der Waals surface area contributed by atoms with E-state index in [0.29, 0.717) is 10.4 Å². The Kier molecular flexibility index (Phi) is 2.28. The number of aromatic nitrogens is 1. The van der Waals surface area contributed by atoms with Crippen LogP contribution in [0.3, 0.4) is 0 Å². The summed E-state index contributed by atoms with van der Waals surface area (Å²) >= 11 is 3.23. The van der Waals surface area contributed by atoms with Crippen molar-refractivity contribution in [1.82, 2.24) is 10.3 Å². The van der Waals surface area contributed by atoms with E-state index in [4.69, 9.17) is 0 Å². The predicted octanol–water partition coefficient (Wildman–Crippen LogP) is 0.754. The van der Waals surface area contributed by atoms with E-state index >= 15 is 0 Å². The summed E-state index contributed by atoms with van der Waals surface area (Å²) in [6, 6.07) is 5.36. The average molecular weight is 242 g/mol. The topological polar surface area (TPSA) is 63.9 Å². The fraction of sp³-hybridized carbons (Fsp3) is 0.250. The van der Waals surface area contributed by atoms with Crippen LogP contribution in [-0.2, 0) is 4.79 Å². The van der Waals surface area contributed by atoms with Crippen molar-refractivity contribution < 1.29 is 4.79 Å². The molecule has 1 saturated heterocycles. The molecule has 13 heavy (non-hydrogen) atoms. The Morgan fingerprint density at radius 2 is 2.46 bits per heavy atom. The van der Waals surface area contributed by atoms with Gasteiger partial charge in [0.1, 0.15) is 10.4 Å². The lowest BCUT2D eigenvalue weighted by Crippen LogP contribution is -2.20. The predicted molar refractivity (Wildman–Crippen MR) is 52.4 cm³/mol. The highest BCUT2D eigenvalue weighted by Crippen LogP contribution is 2.11. The monoisotopic (exact) mass is 241 g/mol. The zero-order valence-electron chi connectivity index (χ0n) is 6.75. The van der Waals surface area contributed by atoms with E-state index in [0.717, 1.165) is 6.54 Å². The average Bonchev–Trinajstić information content (AvgIpc) is 2.85. The molecule has 1 aliphatic heterocycles. The molecule has 1 aromatic rings. The van der Waals surface area contributed by atoms with Gasteiger partial charge in [-0.25, -0.2) is 4.98 Å². The van der Waals surface area contributed by atoms with Crippen molar-refractivity contribution in [3.63, 3.8) is 0 Å². The summed E-state index contributed by atoms with van der Waals surface area (Å²) < 4.78 is 0.717. The van der Waals surface area contributed by atoms with E-state index in [-0.39, 0.29) is 11.9 Å². The highest BCUT2D eigenvalue weighted by molar-refractivity contribution is 9.10. The van der Waals surface area contributed by atoms with Crippen LogP contribution in [0.1, 0.15) is 0 Å². The number of pyridine rings is 1. The zero-order valence-corrected chi connectivity index (χ0v) is 8.34. The maximum absolute atomic E-state index is 11.3. The lowest BCUT2D eigenvalue weighted by Gasteiger charge is -2.01. The Balaban J connectivity index is 2.04. The van der Waals surface area contributed by atoms with Crippen LogP contribution in [0.5, 0.6) is 0 Å². The molecule has 2 N–H and O–H groups in total. The number of anilines is 1. The first kappa shape index (κ1) is 8.65. The molecule has 1 atom stereocenters. The highest BCUT2D eigenvalue weighted by atomic mass is 79.9. The van der Waals surface area contributed by atoms with Crippen molar-refractivity contribution >= 4 is 27.7 Å². The number of nitrogens with one attached hydrogen (secondary N) is 2. The van der Waals surface area contributed by atoms with Crippen LogP contribution in [0, 0.1) is 0 Å². The quantitative estimate of drug-likeness (QED) is 0.594. The molecule has 2 rings (SSSR count). The van der Waals surface area contributed by atoms with Crippen molar-refractivity contribution in [1.29, 1.82) is 0 Å². The van der Waals surface area contributed by atoms with Gasteiger partial charge in [0.2, 0.25) is 5.91 Å². The second kappa shape index (κ2) is 3.43. The van der Waals surface area contributed by atoms with Gasteiger partial charge in [0.15, 0.2) is 0 Å². The summed E-state index contributed by atoms with van der Waals surface area (Å²) in [6.07, 6.45) is 0. The standard InChI is InChI=1S/C8H8BrN3O/c9-6-2-1-3-7(11-6)12-8(13)5-4-10-5/h1-3,5,10H,4H2,(H,11,12,13). The van der Waals surface area contributed by atoms with Crippen LogP contribution in [0.2, 0.25) is 0 Å². The molecule has 0 saturated carbocycles. The molecular weight excluding hydrogens is 234 g/mol. The minimum atomic E-state index is -0.0271. The summed E-state index contributed by atoms with van der Waals surface area (Å²) in [5.41, 5.74) is 0. The van der Waals surface area contributed by atoms with Crippen molar-refractivity contribution in [3.05, 3.63) is 22.8 Å². The van der Waals surface area contributed by atoms with Crippen molar-refractivity contribution in [2.24, 2.45) is 0 Å². The summed E-state index contributed by atoms with van der Waals surface area (Å²) in [5, 5.41) is 5.62. The van der Waals surface area contributed by atoms with Gasteiger partial charge >= 0.3 is 0 Å². The molecule has 5 heteroatoms. The van der Waals surface area contributed by atoms with Crippen LogP contribution in [-0.4, -0.2) is 23.5 Å². The van der Waals surface area contributed by atoms with Crippen molar-refractivity contribution in [3.8, 4) is 0 Å². The minimum absolute atomic E-state index is 0.0226. The first-order chi connectivity index (χ1) is 6.25. The molecule has 68 valence electrons. The van der Waals surface area contributed by atoms with Gasteiger partial charge < -0.3 is 10.6 Å². The van der Waals surface area contributed by atoms with Crippen LogP contribution in [0.4, 0.5) is 5.82 Å². The number of carbonyl (C=O) groups excluding carboxylic acids is 1. The number of hydrogen-bond donors (Lipinski definition) is 2. The number of hydrogen-bond acceptors (Lipinski definition) is 3. The number of nitrogens with zero attached hydrogens (tertiary/aromatic N) is 1. The lowest BCUT2D eigenvalue weighted by molar-refractivity contribution is -0.115. The Bertz CT molecular complexity index is 338. The first-order valence-corrected chi connectivity index (χ1v) is 4.72. The molecule has 0 radical (unpaired) electrons. The highest BCUT2D eigenvalue weighted by Gasteiger charge is 2.28. The molecule has 2 heterocycles. The molecule has 1 unspecified atom stereocenters. The maximum Gasteiger partial charge on any atom is 0.243 e. The molecule has 1 aromatic heterocycles. The largest absolute Gasteiger partial charge is 0.309 e. The second-order valence-electron chi connectivity index (χ2n) is 2.80. The zero-order chi connectivity index (χ0) is 9.26. The molecule has 0 aromatic carbocycles. The van der Waals surface area contributed by atoms with Gasteiger partial charge in [0, 0.05) is 6.54 Å². The van der Waals surface area contributed by atoms with E-state index < -0.39 is 0 Å². The number of rotatable bonds is 2. The van der Waals surface area contributed by atoms with Gasteiger partial charge in [0.25, 0.3) is 0 Å². The smallest absolute Gasteiger partial charge is 0.243 e. The molecule has 0 aliphatic carbocycles. The third-order valence-electron chi connectivity index (χ3n) is 1.69. The third-order valence-corrected chi connectivity index (χ3v) is 2.13. The molecule has 0 spiro atoms. The lowest BCUT2D eigenvalue weighted by atomic mass is 10.4. The fourth-order valence-electron chi connectivity index (χ4n) is 0.936. The van der Waals surface area contributed by atoms with Gasteiger partial charge in [0.05, 0.1) is 6.04 Å². The van der Waals surface area contributed by atoms with Crippen LogP contribution >= 0.6 is 15.9 Å². The Morgan fingerprint density at radius 3 is 3.08 bits per heavy atom. The summed E-state index contributed by atoms with van der Waals surface area (Å²) in [4.78, 5) is 15.3. The van der Waals surface area contributed by atoms with Crippen molar-refractivity contribution in [2.75, 3.05) is 11.9 Å². The van der Waals surface area contributed by atoms with Crippen LogP contribution < -0.4 is 10.6 Å². The minimum Gasteiger partial charge on any atom is -0.309 e. The van der Waals surface area contributed by atoms with E-state index in [1.165, 1.54) is 0 Å². The van der Waals surface area contributed by atoms with Crippen molar-refractivity contribution in [2.45, 2.75) is 6.04 Å². The number of carbonyl (C=O) groups is 1. The van der Waals surface area contributed by atoms with Crippen LogP contribution in [0.15, 0.2) is 22.8 Å². The number of halogens is 1. The normalized spacial score (nSPS) is 19.6. The van der Waals surface area contributed by atoms with Gasteiger partial charge in [-0.1, -0.05) is 6.07 Å². The van der Waals surface area contributed by atoms with Gasteiger partial charge in [-0.05, 0) is 28.1 Å². The summed E-state index contributed by atoms with van der Waals surface area (Å²) in [6.45, 7) is 0.764. The maximum atomic E-state index is 11.3. The van der Waals surface area contributed by atoms with Gasteiger partial charge in [-0.3, -0.25) is 4.79 Å². The summed E-state index contributed by atoms with van der Waals surface area (Å²) in [5.74, 6) is 0.554. The summed E-state index contributed by atoms with van der Waals surface area (Å²) in [7, 11) is 0. The van der Waals surface area contributed by atoms with E-state index in [2.05, 4.69) is 31.5 Å². The fourth-order valence-corrected chi connectivity index (χ4v) is 1.28. The van der Waals surface area contributed by atoms with E-state index in [9.17, 15) is 4.79 Å². The van der Waals surface area contributed by atoms with Gasteiger partial charge in [-0.2, -0.15) is 0 Å². The Labute approximate surface area is 83.9 Å². The van der Waals surface area contributed by atoms with Crippen LogP contribution in [0.25, 0.3) is 0 Å². The van der Waals surface area contributed by atoms with Gasteiger partial charge in [-0.15, -0.1) is 0 Å².